The Morgan fingerprint density at radius 2 is 1.93 bits per heavy atom. The summed E-state index contributed by atoms with van der Waals surface area (Å²) in [6.45, 7) is 9.03. The Bertz CT molecular complexity index is 756. The molecule has 0 amide bonds. The fourth-order valence-corrected chi connectivity index (χ4v) is 3.29. The first-order valence-corrected chi connectivity index (χ1v) is 9.88. The molecule has 0 atom stereocenters. The van der Waals surface area contributed by atoms with Crippen molar-refractivity contribution in [3.63, 3.8) is 0 Å². The van der Waals surface area contributed by atoms with Gasteiger partial charge in [-0.05, 0) is 54.8 Å². The lowest BCUT2D eigenvalue weighted by atomic mass is 9.95. The van der Waals surface area contributed by atoms with Crippen molar-refractivity contribution in [2.45, 2.75) is 33.2 Å². The topological polar surface area (TPSA) is 35.5 Å². The molecule has 1 fully saturated rings. The number of aliphatic hydroxyl groups excluding tert-OH is 1. The summed E-state index contributed by atoms with van der Waals surface area (Å²) in [5.41, 5.74) is 3.74. The number of hydrogen-bond donors (Lipinski definition) is 2. The zero-order chi connectivity index (χ0) is 19.3. The largest absolute Gasteiger partial charge is 0.396 e. The molecule has 146 valence electrons. The molecule has 1 saturated heterocycles. The van der Waals surface area contributed by atoms with Crippen molar-refractivity contribution in [1.82, 2.24) is 10.2 Å². The smallest absolute Gasteiger partial charge is 0.131 e. The molecule has 1 heterocycles. The van der Waals surface area contributed by atoms with Gasteiger partial charge >= 0.3 is 0 Å². The van der Waals surface area contributed by atoms with Crippen LogP contribution in [-0.4, -0.2) is 42.8 Å². The second-order valence-electron chi connectivity index (χ2n) is 8.39. The summed E-state index contributed by atoms with van der Waals surface area (Å²) >= 11 is 0. The quantitative estimate of drug-likeness (QED) is 0.704. The van der Waals surface area contributed by atoms with Gasteiger partial charge in [-0.25, -0.2) is 4.39 Å². The number of aliphatic hydroxyl groups is 1. The summed E-state index contributed by atoms with van der Waals surface area (Å²) in [6.07, 6.45) is 2.31. The first-order valence-electron chi connectivity index (χ1n) is 9.88. The van der Waals surface area contributed by atoms with Crippen LogP contribution in [0.1, 0.15) is 31.4 Å². The van der Waals surface area contributed by atoms with E-state index in [-0.39, 0.29) is 17.8 Å². The Hall–Kier alpha value is -1.75. The van der Waals surface area contributed by atoms with Crippen LogP contribution in [0.15, 0.2) is 42.5 Å². The Balaban J connectivity index is 1.68. The predicted molar refractivity (Wildman–Crippen MR) is 109 cm³/mol. The van der Waals surface area contributed by atoms with Crippen LogP contribution in [0.4, 0.5) is 4.39 Å². The minimum atomic E-state index is -0.186. The van der Waals surface area contributed by atoms with Crippen LogP contribution in [0.5, 0.6) is 0 Å². The maximum absolute atomic E-state index is 14.5. The van der Waals surface area contributed by atoms with Crippen molar-refractivity contribution in [1.29, 1.82) is 0 Å². The number of nitrogens with zero attached hydrogens (tertiary/aromatic N) is 1. The monoisotopic (exact) mass is 370 g/mol. The molecule has 0 unspecified atom stereocenters. The van der Waals surface area contributed by atoms with Gasteiger partial charge in [-0.1, -0.05) is 44.2 Å². The third-order valence-electron chi connectivity index (χ3n) is 5.29. The first kappa shape index (κ1) is 20.0. The molecular weight excluding hydrogens is 339 g/mol. The minimum Gasteiger partial charge on any atom is -0.396 e. The van der Waals surface area contributed by atoms with Gasteiger partial charge in [0, 0.05) is 37.2 Å². The molecular formula is C23H31FN2O. The van der Waals surface area contributed by atoms with Crippen LogP contribution in [-0.2, 0) is 13.0 Å². The van der Waals surface area contributed by atoms with Gasteiger partial charge in [0.25, 0.3) is 0 Å². The molecule has 0 spiro atoms. The zero-order valence-electron chi connectivity index (χ0n) is 16.5. The van der Waals surface area contributed by atoms with E-state index in [0.717, 1.165) is 24.1 Å². The maximum atomic E-state index is 14.5. The van der Waals surface area contributed by atoms with Gasteiger partial charge in [-0.2, -0.15) is 0 Å². The summed E-state index contributed by atoms with van der Waals surface area (Å²) in [6, 6.07) is 13.6. The van der Waals surface area contributed by atoms with E-state index in [9.17, 15) is 9.50 Å². The SMILES string of the molecule is CC(C)(CO)CNCc1ccc(F)c(-c2cccc(CCN3CCC3)c2)c1. The Kier molecular flexibility index (Phi) is 6.64. The van der Waals surface area contributed by atoms with Crippen molar-refractivity contribution in [2.24, 2.45) is 5.41 Å². The summed E-state index contributed by atoms with van der Waals surface area (Å²) in [5, 5.41) is 12.7. The molecule has 0 aliphatic carbocycles. The third kappa shape index (κ3) is 5.61. The van der Waals surface area contributed by atoms with E-state index in [4.69, 9.17) is 0 Å². The molecule has 0 bridgehead atoms. The van der Waals surface area contributed by atoms with Crippen LogP contribution >= 0.6 is 0 Å². The molecule has 2 aromatic carbocycles. The molecule has 1 aliphatic rings. The maximum Gasteiger partial charge on any atom is 0.131 e. The van der Waals surface area contributed by atoms with Gasteiger partial charge in [-0.15, -0.1) is 0 Å². The fourth-order valence-electron chi connectivity index (χ4n) is 3.29. The van der Waals surface area contributed by atoms with Gasteiger partial charge in [-0.3, -0.25) is 0 Å². The summed E-state index contributed by atoms with van der Waals surface area (Å²) < 4.78 is 14.5. The van der Waals surface area contributed by atoms with Gasteiger partial charge in [0.1, 0.15) is 5.82 Å². The molecule has 27 heavy (non-hydrogen) atoms. The Morgan fingerprint density at radius 3 is 2.63 bits per heavy atom. The number of nitrogens with one attached hydrogen (secondary N) is 1. The third-order valence-corrected chi connectivity index (χ3v) is 5.29. The predicted octanol–water partition coefficient (Wildman–Crippen LogP) is 3.85. The fraction of sp³-hybridized carbons (Fsp3) is 0.478. The number of likely N-dealkylation sites (tertiary alicyclic amines) is 1. The second-order valence-corrected chi connectivity index (χ2v) is 8.39. The molecule has 0 aromatic heterocycles. The highest BCUT2D eigenvalue weighted by molar-refractivity contribution is 5.65. The number of benzene rings is 2. The highest BCUT2D eigenvalue weighted by Gasteiger charge is 2.16. The number of halogens is 1. The van der Waals surface area contributed by atoms with E-state index in [1.807, 2.05) is 38.1 Å². The average molecular weight is 371 g/mol. The standard InChI is InChI=1S/C23H31FN2O/c1-23(2,17-27)16-25-15-19-7-8-22(24)21(14-19)20-6-3-5-18(13-20)9-12-26-10-4-11-26/h3,5-8,13-14,25,27H,4,9-12,15-17H2,1-2H3. The zero-order valence-corrected chi connectivity index (χ0v) is 16.5. The van der Waals surface area contributed by atoms with Crippen LogP contribution in [0.25, 0.3) is 11.1 Å². The normalized spacial score (nSPS) is 15.0. The summed E-state index contributed by atoms with van der Waals surface area (Å²) in [5.74, 6) is -0.186. The summed E-state index contributed by atoms with van der Waals surface area (Å²) in [4.78, 5) is 2.45. The average Bonchev–Trinajstić information content (AvgIpc) is 2.62. The second kappa shape index (κ2) is 8.96. The van der Waals surface area contributed by atoms with Gasteiger partial charge in [0.2, 0.25) is 0 Å². The lowest BCUT2D eigenvalue weighted by Crippen LogP contribution is -2.38. The molecule has 0 radical (unpaired) electrons. The molecule has 3 nitrogen and oxygen atoms in total. The Morgan fingerprint density at radius 1 is 1.11 bits per heavy atom. The van der Waals surface area contributed by atoms with Crippen molar-refractivity contribution in [3.05, 3.63) is 59.4 Å². The lowest BCUT2D eigenvalue weighted by Gasteiger charge is -2.30. The van der Waals surface area contributed by atoms with E-state index >= 15 is 0 Å². The van der Waals surface area contributed by atoms with Crippen LogP contribution in [0.3, 0.4) is 0 Å². The van der Waals surface area contributed by atoms with Crippen molar-refractivity contribution >= 4 is 0 Å². The highest BCUT2D eigenvalue weighted by Crippen LogP contribution is 2.25. The minimum absolute atomic E-state index is 0.138. The van der Waals surface area contributed by atoms with E-state index in [1.165, 1.54) is 25.1 Å². The van der Waals surface area contributed by atoms with E-state index < -0.39 is 0 Å². The van der Waals surface area contributed by atoms with Crippen molar-refractivity contribution in [3.8, 4) is 11.1 Å². The van der Waals surface area contributed by atoms with Gasteiger partial charge in [0.15, 0.2) is 0 Å². The molecule has 2 aromatic rings. The lowest BCUT2D eigenvalue weighted by molar-refractivity contribution is 0.156. The molecule has 0 saturated carbocycles. The van der Waals surface area contributed by atoms with E-state index in [1.54, 1.807) is 6.07 Å². The molecule has 3 rings (SSSR count). The van der Waals surface area contributed by atoms with Crippen LogP contribution < -0.4 is 5.32 Å². The van der Waals surface area contributed by atoms with E-state index in [2.05, 4.69) is 22.3 Å². The van der Waals surface area contributed by atoms with Crippen molar-refractivity contribution in [2.75, 3.05) is 32.8 Å². The summed E-state index contributed by atoms with van der Waals surface area (Å²) in [7, 11) is 0. The van der Waals surface area contributed by atoms with Crippen LogP contribution in [0.2, 0.25) is 0 Å². The van der Waals surface area contributed by atoms with Crippen molar-refractivity contribution < 1.29 is 9.50 Å². The van der Waals surface area contributed by atoms with Gasteiger partial charge < -0.3 is 15.3 Å². The van der Waals surface area contributed by atoms with Gasteiger partial charge in [0.05, 0.1) is 0 Å². The number of hydrogen-bond acceptors (Lipinski definition) is 3. The van der Waals surface area contributed by atoms with Crippen LogP contribution in [0, 0.1) is 11.2 Å². The Labute approximate surface area is 162 Å². The van der Waals surface area contributed by atoms with E-state index in [0.29, 0.717) is 18.7 Å². The molecule has 1 aliphatic heterocycles. The molecule has 4 heteroatoms. The molecule has 2 N–H and O–H groups in total. The highest BCUT2D eigenvalue weighted by atomic mass is 19.1. The first-order chi connectivity index (χ1) is 13.0. The number of rotatable bonds is 9.